The van der Waals surface area contributed by atoms with E-state index >= 15 is 0 Å². The summed E-state index contributed by atoms with van der Waals surface area (Å²) in [5.41, 5.74) is 6.56. The van der Waals surface area contributed by atoms with Crippen molar-refractivity contribution in [3.63, 3.8) is 0 Å². The van der Waals surface area contributed by atoms with Crippen LogP contribution >= 0.6 is 11.6 Å². The van der Waals surface area contributed by atoms with Gasteiger partial charge in [0.1, 0.15) is 0 Å². The number of carbonyl (C=O) groups excluding carboxylic acids is 1. The second kappa shape index (κ2) is 15.5. The first-order valence-electron chi connectivity index (χ1n) is 12.8. The number of aliphatic carboxylic acids is 2. The van der Waals surface area contributed by atoms with Crippen LogP contribution in [0.15, 0.2) is 60.9 Å². The van der Waals surface area contributed by atoms with Crippen LogP contribution in [0.5, 0.6) is 0 Å². The van der Waals surface area contributed by atoms with E-state index < -0.39 is 11.9 Å². The molecule has 39 heavy (non-hydrogen) atoms. The smallest absolute Gasteiger partial charge is 0.303 e. The van der Waals surface area contributed by atoms with Gasteiger partial charge in [-0.1, -0.05) is 35.9 Å². The Morgan fingerprint density at radius 3 is 2.31 bits per heavy atom. The van der Waals surface area contributed by atoms with Gasteiger partial charge in [0.25, 0.3) is 5.91 Å². The first kappa shape index (κ1) is 29.6. The Hall–Kier alpha value is -3.95. The van der Waals surface area contributed by atoms with Gasteiger partial charge in [0.2, 0.25) is 0 Å². The molecule has 0 atom stereocenters. The number of pyridine rings is 1. The maximum Gasteiger partial charge on any atom is 0.303 e. The van der Waals surface area contributed by atoms with Crippen molar-refractivity contribution >= 4 is 35.1 Å². The topological polar surface area (TPSA) is 141 Å². The molecule has 1 aromatic heterocycles. The summed E-state index contributed by atoms with van der Waals surface area (Å²) in [4.78, 5) is 35.8. The Morgan fingerprint density at radius 1 is 0.923 bits per heavy atom. The Bertz CT molecular complexity index is 1240. The number of rotatable bonds is 10. The van der Waals surface area contributed by atoms with Crippen LogP contribution in [0.4, 0.5) is 5.69 Å². The van der Waals surface area contributed by atoms with Crippen molar-refractivity contribution in [3.8, 4) is 0 Å². The second-order valence-corrected chi connectivity index (χ2v) is 9.42. The summed E-state index contributed by atoms with van der Waals surface area (Å²) in [5.74, 6) is -2.22. The average molecular weight is 553 g/mol. The summed E-state index contributed by atoms with van der Waals surface area (Å²) in [6, 6.07) is 15.7. The molecule has 0 fully saturated rings. The number of fused-ring (bicyclic) bond motifs is 1. The first-order chi connectivity index (χ1) is 18.8. The van der Waals surface area contributed by atoms with Crippen molar-refractivity contribution < 1.29 is 24.6 Å². The van der Waals surface area contributed by atoms with Gasteiger partial charge in [0.15, 0.2) is 0 Å². The van der Waals surface area contributed by atoms with Gasteiger partial charge in [-0.15, -0.1) is 0 Å². The van der Waals surface area contributed by atoms with E-state index in [1.807, 2.05) is 48.7 Å². The maximum atomic E-state index is 12.4. The molecule has 0 aliphatic carbocycles. The molecule has 9 nitrogen and oxygen atoms in total. The van der Waals surface area contributed by atoms with Gasteiger partial charge < -0.3 is 26.2 Å². The molecule has 0 bridgehead atoms. The van der Waals surface area contributed by atoms with Crippen molar-refractivity contribution in [1.29, 1.82) is 0 Å². The van der Waals surface area contributed by atoms with E-state index in [2.05, 4.69) is 27.0 Å². The summed E-state index contributed by atoms with van der Waals surface area (Å²) in [6.07, 6.45) is 5.73. The van der Waals surface area contributed by atoms with Gasteiger partial charge in [0, 0.05) is 31.0 Å². The predicted octanol–water partition coefficient (Wildman–Crippen LogP) is 3.94. The SMILES string of the molecule is O=C(NCCc1cccnc1)c1ccc(CNc2c(Cl)ccc3c2CCNCC3)cc1.O=C(O)CCC(=O)O. The monoisotopic (exact) mass is 552 g/mol. The fourth-order valence-electron chi connectivity index (χ4n) is 4.08. The lowest BCUT2D eigenvalue weighted by atomic mass is 10.0. The minimum atomic E-state index is -1.08. The quantitative estimate of drug-likeness (QED) is 0.255. The lowest BCUT2D eigenvalue weighted by molar-refractivity contribution is -0.143. The minimum absolute atomic E-state index is 0.0627. The van der Waals surface area contributed by atoms with E-state index in [1.165, 1.54) is 11.1 Å². The van der Waals surface area contributed by atoms with Crippen LogP contribution in [-0.4, -0.2) is 52.7 Å². The zero-order valence-corrected chi connectivity index (χ0v) is 22.3. The molecule has 1 aliphatic heterocycles. The van der Waals surface area contributed by atoms with Crippen molar-refractivity contribution in [2.75, 3.05) is 25.0 Å². The maximum absolute atomic E-state index is 12.4. The van der Waals surface area contributed by atoms with Crippen LogP contribution in [0, 0.1) is 0 Å². The van der Waals surface area contributed by atoms with Gasteiger partial charge in [-0.3, -0.25) is 19.4 Å². The van der Waals surface area contributed by atoms with Crippen LogP contribution in [0.3, 0.4) is 0 Å². The van der Waals surface area contributed by atoms with E-state index in [9.17, 15) is 14.4 Å². The lowest BCUT2D eigenvalue weighted by Crippen LogP contribution is -2.25. The average Bonchev–Trinajstić information content (AvgIpc) is 3.18. The van der Waals surface area contributed by atoms with Crippen LogP contribution < -0.4 is 16.0 Å². The third-order valence-electron chi connectivity index (χ3n) is 6.14. The molecular formula is C29H33ClN4O5. The van der Waals surface area contributed by atoms with Gasteiger partial charge in [0.05, 0.1) is 23.6 Å². The van der Waals surface area contributed by atoms with Gasteiger partial charge in [-0.2, -0.15) is 0 Å². The van der Waals surface area contributed by atoms with E-state index in [0.717, 1.165) is 54.2 Å². The molecule has 0 unspecified atom stereocenters. The first-order valence-corrected chi connectivity index (χ1v) is 13.2. The lowest BCUT2D eigenvalue weighted by Gasteiger charge is -2.16. The molecule has 0 radical (unpaired) electrons. The van der Waals surface area contributed by atoms with Gasteiger partial charge >= 0.3 is 11.9 Å². The summed E-state index contributed by atoms with van der Waals surface area (Å²) >= 11 is 6.50. The second-order valence-electron chi connectivity index (χ2n) is 9.02. The highest BCUT2D eigenvalue weighted by Crippen LogP contribution is 2.31. The number of carbonyl (C=O) groups is 3. The molecule has 0 saturated carbocycles. The number of carboxylic acids is 2. The number of halogens is 1. The van der Waals surface area contributed by atoms with Gasteiger partial charge in [-0.25, -0.2) is 0 Å². The minimum Gasteiger partial charge on any atom is -0.481 e. The molecule has 2 aromatic carbocycles. The molecule has 2 heterocycles. The van der Waals surface area contributed by atoms with Gasteiger partial charge in [-0.05, 0) is 78.9 Å². The number of amides is 1. The number of anilines is 1. The number of hydrogen-bond donors (Lipinski definition) is 5. The normalized spacial score (nSPS) is 12.2. The zero-order valence-electron chi connectivity index (χ0n) is 21.6. The molecular weight excluding hydrogens is 520 g/mol. The number of hydrogen-bond acceptors (Lipinski definition) is 6. The number of carboxylic acid groups (broad SMARTS) is 2. The Balaban J connectivity index is 0.000000459. The van der Waals surface area contributed by atoms with E-state index in [-0.39, 0.29) is 18.7 Å². The molecule has 4 rings (SSSR count). The Labute approximate surface area is 232 Å². The largest absolute Gasteiger partial charge is 0.481 e. The molecule has 5 N–H and O–H groups in total. The fourth-order valence-corrected chi connectivity index (χ4v) is 4.33. The van der Waals surface area contributed by atoms with Crippen molar-refractivity contribution in [2.24, 2.45) is 0 Å². The highest BCUT2D eigenvalue weighted by Gasteiger charge is 2.15. The predicted molar refractivity (Wildman–Crippen MR) is 150 cm³/mol. The standard InChI is InChI=1S/C25H27ClN4O.C4H6O4/c26-23-8-7-20-10-13-27-14-11-22(20)24(23)30-17-19-3-5-21(6-4-19)25(31)29-15-9-18-2-1-12-28-16-18;5-3(6)1-2-4(7)8/h1-8,12,16,27,30H,9-11,13-15,17H2,(H,29,31);1-2H2,(H,5,6)(H,7,8). The third kappa shape index (κ3) is 10.0. The molecule has 1 amide bonds. The van der Waals surface area contributed by atoms with Crippen molar-refractivity contribution in [2.45, 2.75) is 38.6 Å². The van der Waals surface area contributed by atoms with Crippen LogP contribution in [0.2, 0.25) is 5.02 Å². The molecule has 0 saturated heterocycles. The highest BCUT2D eigenvalue weighted by atomic mass is 35.5. The summed E-state index contributed by atoms with van der Waals surface area (Å²) in [7, 11) is 0. The summed E-state index contributed by atoms with van der Waals surface area (Å²) < 4.78 is 0. The van der Waals surface area contributed by atoms with Crippen LogP contribution in [0.1, 0.15) is 45.5 Å². The molecule has 206 valence electrons. The highest BCUT2D eigenvalue weighted by molar-refractivity contribution is 6.33. The molecule has 1 aliphatic rings. The third-order valence-corrected chi connectivity index (χ3v) is 6.46. The number of aromatic nitrogens is 1. The number of nitrogens with one attached hydrogen (secondary N) is 3. The molecule has 3 aromatic rings. The molecule has 0 spiro atoms. The van der Waals surface area contributed by atoms with E-state index in [0.29, 0.717) is 18.7 Å². The van der Waals surface area contributed by atoms with Crippen molar-refractivity contribution in [1.82, 2.24) is 15.6 Å². The fraction of sp³-hybridized carbons (Fsp3) is 0.310. The van der Waals surface area contributed by atoms with Crippen LogP contribution in [-0.2, 0) is 35.4 Å². The van der Waals surface area contributed by atoms with E-state index in [4.69, 9.17) is 21.8 Å². The zero-order chi connectivity index (χ0) is 28.0. The summed E-state index contributed by atoms with van der Waals surface area (Å²) in [5, 5.41) is 26.5. The Morgan fingerprint density at radius 2 is 1.64 bits per heavy atom. The Kier molecular flexibility index (Phi) is 11.7. The van der Waals surface area contributed by atoms with E-state index in [1.54, 1.807) is 6.20 Å². The number of nitrogens with zero attached hydrogens (tertiary/aromatic N) is 1. The summed E-state index contributed by atoms with van der Waals surface area (Å²) in [6.45, 7) is 3.21. The number of benzene rings is 2. The van der Waals surface area contributed by atoms with Crippen molar-refractivity contribution in [3.05, 3.63) is 93.8 Å². The van der Waals surface area contributed by atoms with Crippen LogP contribution in [0.25, 0.3) is 0 Å². The molecule has 10 heteroatoms.